The van der Waals surface area contributed by atoms with Gasteiger partial charge in [0.2, 0.25) is 0 Å². The molecule has 0 saturated heterocycles. The summed E-state index contributed by atoms with van der Waals surface area (Å²) in [5.74, 6) is 1.26. The Balaban J connectivity index is 1.99. The van der Waals surface area contributed by atoms with Crippen LogP contribution in [0.4, 0.5) is 0 Å². The molecule has 0 aromatic carbocycles. The third-order valence-corrected chi connectivity index (χ3v) is 3.59. The van der Waals surface area contributed by atoms with Crippen LogP contribution in [-0.2, 0) is 0 Å². The summed E-state index contributed by atoms with van der Waals surface area (Å²) in [5.41, 5.74) is -0.309. The lowest BCUT2D eigenvalue weighted by Crippen LogP contribution is -2.35. The van der Waals surface area contributed by atoms with Gasteiger partial charge in [-0.1, -0.05) is 12.8 Å². The maximum absolute atomic E-state index is 10.2. The van der Waals surface area contributed by atoms with Crippen LogP contribution < -0.4 is 0 Å². The van der Waals surface area contributed by atoms with Crippen LogP contribution in [0.25, 0.3) is 0 Å². The lowest BCUT2D eigenvalue weighted by molar-refractivity contribution is -0.0194. The van der Waals surface area contributed by atoms with Gasteiger partial charge in [-0.25, -0.2) is 0 Å². The molecule has 0 aromatic rings. The molecule has 2 rings (SSSR count). The van der Waals surface area contributed by atoms with Crippen molar-refractivity contribution in [1.29, 1.82) is 0 Å². The first-order valence-corrected chi connectivity index (χ1v) is 4.93. The lowest BCUT2D eigenvalue weighted by Gasteiger charge is -2.30. The zero-order valence-corrected chi connectivity index (χ0v) is 7.34. The van der Waals surface area contributed by atoms with Crippen LogP contribution in [0, 0.1) is 11.8 Å². The quantitative estimate of drug-likeness (QED) is 0.647. The summed E-state index contributed by atoms with van der Waals surface area (Å²) in [5, 5.41) is 10.2. The van der Waals surface area contributed by atoms with Gasteiger partial charge in [-0.3, -0.25) is 0 Å². The second kappa shape index (κ2) is 2.48. The molecular weight excluding hydrogens is 136 g/mol. The third-order valence-electron chi connectivity index (χ3n) is 3.59. The van der Waals surface area contributed by atoms with E-state index < -0.39 is 0 Å². The maximum Gasteiger partial charge on any atom is 0.0675 e. The second-order valence-electron chi connectivity index (χ2n) is 4.48. The average Bonchev–Trinajstić information content (AvgIpc) is 2.66. The summed E-state index contributed by atoms with van der Waals surface area (Å²) >= 11 is 0. The molecule has 0 radical (unpaired) electrons. The SMILES string of the molecule is CC(O)(C1CCCC1)C1CC1. The van der Waals surface area contributed by atoms with E-state index in [2.05, 4.69) is 6.92 Å². The van der Waals surface area contributed by atoms with Crippen LogP contribution in [-0.4, -0.2) is 10.7 Å². The Hall–Kier alpha value is -0.0400. The monoisotopic (exact) mass is 154 g/mol. The molecule has 0 heterocycles. The lowest BCUT2D eigenvalue weighted by atomic mass is 9.84. The van der Waals surface area contributed by atoms with Crippen LogP contribution in [0.15, 0.2) is 0 Å². The van der Waals surface area contributed by atoms with Crippen molar-refractivity contribution >= 4 is 0 Å². The largest absolute Gasteiger partial charge is 0.390 e. The Kier molecular flexibility index (Phi) is 1.71. The van der Waals surface area contributed by atoms with Gasteiger partial charge in [0, 0.05) is 0 Å². The molecule has 1 N–H and O–H groups in total. The van der Waals surface area contributed by atoms with Gasteiger partial charge in [-0.15, -0.1) is 0 Å². The van der Waals surface area contributed by atoms with E-state index >= 15 is 0 Å². The van der Waals surface area contributed by atoms with Crippen molar-refractivity contribution in [1.82, 2.24) is 0 Å². The highest BCUT2D eigenvalue weighted by Crippen LogP contribution is 2.47. The first-order chi connectivity index (χ1) is 5.21. The predicted molar refractivity (Wildman–Crippen MR) is 45.3 cm³/mol. The first-order valence-electron chi connectivity index (χ1n) is 4.93. The fraction of sp³-hybridized carbons (Fsp3) is 1.00. The van der Waals surface area contributed by atoms with Gasteiger partial charge >= 0.3 is 0 Å². The van der Waals surface area contributed by atoms with Gasteiger partial charge < -0.3 is 5.11 Å². The van der Waals surface area contributed by atoms with Crippen molar-refractivity contribution in [2.75, 3.05) is 0 Å². The standard InChI is InChI=1S/C10H18O/c1-10(11,9-6-7-9)8-4-2-3-5-8/h8-9,11H,2-7H2,1H3. The molecule has 2 aliphatic carbocycles. The summed E-state index contributed by atoms with van der Waals surface area (Å²) in [6.07, 6.45) is 7.75. The summed E-state index contributed by atoms with van der Waals surface area (Å²) < 4.78 is 0. The Bertz CT molecular complexity index is 141. The third kappa shape index (κ3) is 1.31. The summed E-state index contributed by atoms with van der Waals surface area (Å²) in [6, 6.07) is 0. The van der Waals surface area contributed by atoms with Gasteiger partial charge in [0.05, 0.1) is 5.60 Å². The average molecular weight is 154 g/mol. The van der Waals surface area contributed by atoms with Gasteiger partial charge in [0.1, 0.15) is 0 Å². The van der Waals surface area contributed by atoms with E-state index in [0.29, 0.717) is 11.8 Å². The normalized spacial score (nSPS) is 32.2. The van der Waals surface area contributed by atoms with E-state index in [1.165, 1.54) is 38.5 Å². The van der Waals surface area contributed by atoms with Crippen LogP contribution >= 0.6 is 0 Å². The van der Waals surface area contributed by atoms with Crippen molar-refractivity contribution in [2.24, 2.45) is 11.8 Å². The summed E-state index contributed by atoms with van der Waals surface area (Å²) in [4.78, 5) is 0. The van der Waals surface area contributed by atoms with E-state index in [1.807, 2.05) is 0 Å². The Morgan fingerprint density at radius 3 is 1.91 bits per heavy atom. The molecule has 0 bridgehead atoms. The highest BCUT2D eigenvalue weighted by Gasteiger charge is 2.45. The molecule has 11 heavy (non-hydrogen) atoms. The number of aliphatic hydroxyl groups is 1. The second-order valence-corrected chi connectivity index (χ2v) is 4.48. The van der Waals surface area contributed by atoms with E-state index in [1.54, 1.807) is 0 Å². The smallest absolute Gasteiger partial charge is 0.0675 e. The molecule has 2 fully saturated rings. The Morgan fingerprint density at radius 2 is 1.45 bits per heavy atom. The molecule has 2 aliphatic rings. The fourth-order valence-corrected chi connectivity index (χ4v) is 2.51. The molecule has 0 aliphatic heterocycles. The predicted octanol–water partition coefficient (Wildman–Crippen LogP) is 2.34. The first kappa shape index (κ1) is 7.60. The molecule has 0 spiro atoms. The van der Waals surface area contributed by atoms with Crippen molar-refractivity contribution in [3.05, 3.63) is 0 Å². The van der Waals surface area contributed by atoms with Crippen LogP contribution in [0.1, 0.15) is 45.4 Å². The Labute approximate surface area is 68.8 Å². The molecule has 1 heteroatoms. The van der Waals surface area contributed by atoms with Crippen molar-refractivity contribution < 1.29 is 5.11 Å². The van der Waals surface area contributed by atoms with Gasteiger partial charge in [-0.05, 0) is 44.4 Å². The topological polar surface area (TPSA) is 20.2 Å². The zero-order chi connectivity index (χ0) is 7.90. The van der Waals surface area contributed by atoms with E-state index in [4.69, 9.17) is 0 Å². The highest BCUT2D eigenvalue weighted by atomic mass is 16.3. The highest BCUT2D eigenvalue weighted by molar-refractivity contribution is 4.97. The minimum atomic E-state index is -0.309. The molecule has 0 aromatic heterocycles. The Morgan fingerprint density at radius 1 is 1.00 bits per heavy atom. The molecule has 1 unspecified atom stereocenters. The van der Waals surface area contributed by atoms with Crippen molar-refractivity contribution in [3.8, 4) is 0 Å². The summed E-state index contributed by atoms with van der Waals surface area (Å²) in [6.45, 7) is 2.06. The number of hydrogen-bond acceptors (Lipinski definition) is 1. The molecule has 2 saturated carbocycles. The number of hydrogen-bond donors (Lipinski definition) is 1. The van der Waals surface area contributed by atoms with E-state index in [0.717, 1.165) is 0 Å². The van der Waals surface area contributed by atoms with Crippen LogP contribution in [0.3, 0.4) is 0 Å². The molecule has 1 nitrogen and oxygen atoms in total. The van der Waals surface area contributed by atoms with Gasteiger partial charge in [0.15, 0.2) is 0 Å². The van der Waals surface area contributed by atoms with E-state index in [-0.39, 0.29) is 5.60 Å². The number of rotatable bonds is 2. The van der Waals surface area contributed by atoms with Crippen molar-refractivity contribution in [3.63, 3.8) is 0 Å². The van der Waals surface area contributed by atoms with Crippen molar-refractivity contribution in [2.45, 2.75) is 51.0 Å². The molecule has 1 atom stereocenters. The van der Waals surface area contributed by atoms with Crippen LogP contribution in [0.5, 0.6) is 0 Å². The minimum absolute atomic E-state index is 0.309. The van der Waals surface area contributed by atoms with Gasteiger partial charge in [-0.2, -0.15) is 0 Å². The molecular formula is C10H18O. The fourth-order valence-electron chi connectivity index (χ4n) is 2.51. The van der Waals surface area contributed by atoms with E-state index in [9.17, 15) is 5.11 Å². The van der Waals surface area contributed by atoms with Crippen LogP contribution in [0.2, 0.25) is 0 Å². The summed E-state index contributed by atoms with van der Waals surface area (Å²) in [7, 11) is 0. The maximum atomic E-state index is 10.2. The minimum Gasteiger partial charge on any atom is -0.390 e. The molecule has 0 amide bonds. The zero-order valence-electron chi connectivity index (χ0n) is 7.34. The van der Waals surface area contributed by atoms with Gasteiger partial charge in [0.25, 0.3) is 0 Å². The molecule has 64 valence electrons.